The SMILES string of the molecule is C=C/C(N)=C\C1=C(C)C(C)(c2ccc(N)cc2)CC1(C(/C=C\C(=C)N)=C/C)C(/C=C\C(=C)N)=C/C. The summed E-state index contributed by atoms with van der Waals surface area (Å²) in [5.74, 6) is 0. The van der Waals surface area contributed by atoms with Gasteiger partial charge < -0.3 is 22.9 Å². The van der Waals surface area contributed by atoms with Crippen molar-refractivity contribution >= 4 is 5.69 Å². The lowest BCUT2D eigenvalue weighted by atomic mass is 9.64. The van der Waals surface area contributed by atoms with Crippen LogP contribution in [0.1, 0.15) is 39.7 Å². The van der Waals surface area contributed by atoms with Crippen LogP contribution in [0.15, 0.2) is 132 Å². The van der Waals surface area contributed by atoms with Crippen molar-refractivity contribution in [2.45, 2.75) is 39.5 Å². The molecule has 0 bridgehead atoms. The highest BCUT2D eigenvalue weighted by Crippen LogP contribution is 2.62. The van der Waals surface area contributed by atoms with Gasteiger partial charge in [0.05, 0.1) is 0 Å². The molecule has 0 aromatic heterocycles. The molecule has 4 nitrogen and oxygen atoms in total. The first kappa shape index (κ1) is 27.3. The summed E-state index contributed by atoms with van der Waals surface area (Å²) < 4.78 is 0. The Kier molecular flexibility index (Phi) is 8.59. The van der Waals surface area contributed by atoms with Crippen molar-refractivity contribution in [1.82, 2.24) is 0 Å². The molecule has 2 rings (SSSR count). The third-order valence-electron chi connectivity index (χ3n) is 6.97. The highest BCUT2D eigenvalue weighted by molar-refractivity contribution is 5.63. The predicted molar refractivity (Wildman–Crippen MR) is 153 cm³/mol. The van der Waals surface area contributed by atoms with Crippen LogP contribution in [0.2, 0.25) is 0 Å². The number of nitrogens with two attached hydrogens (primary N) is 4. The van der Waals surface area contributed by atoms with Gasteiger partial charge in [0, 0.05) is 33.6 Å². The van der Waals surface area contributed by atoms with Gasteiger partial charge in [-0.05, 0) is 85.9 Å². The van der Waals surface area contributed by atoms with Crippen LogP contribution >= 0.6 is 0 Å². The summed E-state index contributed by atoms with van der Waals surface area (Å²) in [5, 5.41) is 0. The van der Waals surface area contributed by atoms with Crippen molar-refractivity contribution in [1.29, 1.82) is 0 Å². The standard InChI is InChI=1S/C31H40N4/c1-8-24(13-11-21(4)32)31(25(9-2)14-12-22(5)33)20-30(7,26-15-17-28(35)18-16-26)23(6)29(31)19-27(34)10-3/h8-19H,3-5,20,32-35H2,1-2,6-7H3/b13-11-,14-12-,24-8+,25-9+,27-19+. The highest BCUT2D eigenvalue weighted by atomic mass is 14.6. The maximum Gasteiger partial charge on any atom is 0.0456 e. The van der Waals surface area contributed by atoms with Crippen LogP contribution in [0.3, 0.4) is 0 Å². The number of nitrogen functional groups attached to an aromatic ring is 1. The number of benzene rings is 1. The summed E-state index contributed by atoms with van der Waals surface area (Å²) in [4.78, 5) is 0. The van der Waals surface area contributed by atoms with E-state index in [9.17, 15) is 0 Å². The molecule has 4 heteroatoms. The summed E-state index contributed by atoms with van der Waals surface area (Å²) in [7, 11) is 0. The van der Waals surface area contributed by atoms with Crippen molar-refractivity contribution in [2.24, 2.45) is 22.6 Å². The molecular weight excluding hydrogens is 428 g/mol. The van der Waals surface area contributed by atoms with E-state index >= 15 is 0 Å². The quantitative estimate of drug-likeness (QED) is 0.255. The molecule has 1 aliphatic carbocycles. The topological polar surface area (TPSA) is 104 Å². The van der Waals surface area contributed by atoms with E-state index in [4.69, 9.17) is 22.9 Å². The Morgan fingerprint density at radius 1 is 0.886 bits per heavy atom. The minimum atomic E-state index is -0.546. The van der Waals surface area contributed by atoms with Crippen LogP contribution < -0.4 is 22.9 Å². The first-order valence-corrected chi connectivity index (χ1v) is 11.7. The molecule has 1 aromatic rings. The second kappa shape index (κ2) is 11.0. The predicted octanol–water partition coefficient (Wildman–Crippen LogP) is 6.21. The van der Waals surface area contributed by atoms with Crippen LogP contribution in [0.5, 0.6) is 0 Å². The van der Waals surface area contributed by atoms with Crippen LogP contribution in [-0.4, -0.2) is 0 Å². The van der Waals surface area contributed by atoms with E-state index in [0.29, 0.717) is 17.1 Å². The molecule has 1 atom stereocenters. The molecule has 0 aliphatic heterocycles. The minimum Gasteiger partial charge on any atom is -0.399 e. The molecule has 0 saturated carbocycles. The van der Waals surface area contributed by atoms with E-state index in [1.807, 2.05) is 56.4 Å². The number of allylic oxidation sites excluding steroid dienone is 12. The summed E-state index contributed by atoms with van der Waals surface area (Å²) in [6.07, 6.45) is 16.5. The lowest BCUT2D eigenvalue weighted by Crippen LogP contribution is -2.30. The first-order chi connectivity index (χ1) is 16.5. The summed E-state index contributed by atoms with van der Waals surface area (Å²) >= 11 is 0. The molecule has 0 heterocycles. The second-order valence-electron chi connectivity index (χ2n) is 9.23. The molecule has 0 amide bonds. The summed E-state index contributed by atoms with van der Waals surface area (Å²) in [6.45, 7) is 20.1. The van der Waals surface area contributed by atoms with Gasteiger partial charge in [-0.25, -0.2) is 0 Å². The number of anilines is 1. The average molecular weight is 469 g/mol. The molecule has 184 valence electrons. The Morgan fingerprint density at radius 2 is 1.37 bits per heavy atom. The number of rotatable bonds is 9. The van der Waals surface area contributed by atoms with Gasteiger partial charge in [0.1, 0.15) is 0 Å². The molecular formula is C31H40N4. The van der Waals surface area contributed by atoms with E-state index in [0.717, 1.165) is 28.8 Å². The third kappa shape index (κ3) is 5.43. The molecule has 0 spiro atoms. The van der Waals surface area contributed by atoms with Crippen LogP contribution in [0.25, 0.3) is 0 Å². The fourth-order valence-corrected chi connectivity index (χ4v) is 5.05. The van der Waals surface area contributed by atoms with E-state index in [1.54, 1.807) is 6.08 Å². The zero-order valence-electron chi connectivity index (χ0n) is 21.6. The van der Waals surface area contributed by atoms with Gasteiger partial charge in [-0.15, -0.1) is 0 Å². The molecule has 35 heavy (non-hydrogen) atoms. The van der Waals surface area contributed by atoms with Crippen molar-refractivity contribution in [3.05, 3.63) is 138 Å². The Labute approximate surface area is 211 Å². The lowest BCUT2D eigenvalue weighted by molar-refractivity contribution is 0.423. The van der Waals surface area contributed by atoms with Gasteiger partial charge in [0.15, 0.2) is 0 Å². The maximum absolute atomic E-state index is 6.36. The fraction of sp³-hybridized carbons (Fsp3) is 0.226. The largest absolute Gasteiger partial charge is 0.399 e. The molecule has 0 fully saturated rings. The Balaban J connectivity index is 3.03. The third-order valence-corrected chi connectivity index (χ3v) is 6.97. The normalized spacial score (nSPS) is 21.2. The zero-order chi connectivity index (χ0) is 26.4. The number of hydrogen-bond acceptors (Lipinski definition) is 4. The lowest BCUT2D eigenvalue weighted by Gasteiger charge is -2.38. The summed E-state index contributed by atoms with van der Waals surface area (Å²) in [5.41, 5.74) is 31.3. The monoisotopic (exact) mass is 468 g/mol. The maximum atomic E-state index is 6.36. The van der Waals surface area contributed by atoms with Gasteiger partial charge >= 0.3 is 0 Å². The van der Waals surface area contributed by atoms with Crippen molar-refractivity contribution in [2.75, 3.05) is 5.73 Å². The highest BCUT2D eigenvalue weighted by Gasteiger charge is 2.52. The van der Waals surface area contributed by atoms with Crippen molar-refractivity contribution in [3.63, 3.8) is 0 Å². The number of hydrogen-bond donors (Lipinski definition) is 4. The van der Waals surface area contributed by atoms with Gasteiger partial charge in [0.2, 0.25) is 0 Å². The van der Waals surface area contributed by atoms with E-state index in [1.165, 1.54) is 11.1 Å². The second-order valence-corrected chi connectivity index (χ2v) is 9.23. The van der Waals surface area contributed by atoms with E-state index < -0.39 is 5.41 Å². The average Bonchev–Trinajstić information content (AvgIpc) is 3.03. The Bertz CT molecular complexity index is 1140. The van der Waals surface area contributed by atoms with Crippen molar-refractivity contribution in [3.8, 4) is 0 Å². The zero-order valence-corrected chi connectivity index (χ0v) is 21.6. The molecule has 1 aliphatic rings. The Morgan fingerprint density at radius 3 is 1.77 bits per heavy atom. The molecule has 1 aromatic carbocycles. The minimum absolute atomic E-state index is 0.301. The van der Waals surface area contributed by atoms with Crippen LogP contribution in [-0.2, 0) is 5.41 Å². The van der Waals surface area contributed by atoms with Crippen LogP contribution in [0.4, 0.5) is 5.69 Å². The molecule has 0 saturated heterocycles. The molecule has 1 unspecified atom stereocenters. The fourth-order valence-electron chi connectivity index (χ4n) is 5.05. The van der Waals surface area contributed by atoms with Gasteiger partial charge in [0.25, 0.3) is 0 Å². The van der Waals surface area contributed by atoms with Gasteiger partial charge in [-0.1, -0.05) is 68.7 Å². The smallest absolute Gasteiger partial charge is 0.0456 e. The molecule has 8 N–H and O–H groups in total. The first-order valence-electron chi connectivity index (χ1n) is 11.7. The Hall–Kier alpha value is -3.92. The van der Waals surface area contributed by atoms with Gasteiger partial charge in [-0.2, -0.15) is 0 Å². The molecule has 0 radical (unpaired) electrons. The van der Waals surface area contributed by atoms with Gasteiger partial charge in [-0.3, -0.25) is 0 Å². The van der Waals surface area contributed by atoms with Crippen molar-refractivity contribution < 1.29 is 0 Å². The summed E-state index contributed by atoms with van der Waals surface area (Å²) in [6, 6.07) is 8.11. The van der Waals surface area contributed by atoms with E-state index in [2.05, 4.69) is 57.9 Å². The van der Waals surface area contributed by atoms with E-state index in [-0.39, 0.29) is 5.41 Å². The van der Waals surface area contributed by atoms with Crippen LogP contribution in [0, 0.1) is 5.41 Å².